The van der Waals surface area contributed by atoms with E-state index in [1.54, 1.807) is 30.3 Å². The topological polar surface area (TPSA) is 81.9 Å². The van der Waals surface area contributed by atoms with Crippen LogP contribution >= 0.6 is 0 Å². The molecular formula is C16H13N3O2. The lowest BCUT2D eigenvalue weighted by Gasteiger charge is -2.06. The maximum absolute atomic E-state index is 9.60. The first-order valence-corrected chi connectivity index (χ1v) is 6.57. The summed E-state index contributed by atoms with van der Waals surface area (Å²) in [5.74, 6) is 0.720. The Bertz CT molecular complexity index is 846. The average Bonchev–Trinajstić information content (AvgIpc) is 2.89. The van der Waals surface area contributed by atoms with Crippen LogP contribution in [-0.4, -0.2) is 21.9 Å². The number of phenols is 1. The quantitative estimate of drug-likeness (QED) is 0.771. The van der Waals surface area contributed by atoms with Crippen molar-refractivity contribution in [1.29, 1.82) is 5.26 Å². The van der Waals surface area contributed by atoms with Gasteiger partial charge in [-0.25, -0.2) is 0 Å². The molecule has 0 saturated carbocycles. The summed E-state index contributed by atoms with van der Waals surface area (Å²) in [6, 6.07) is 12.5. The van der Waals surface area contributed by atoms with Gasteiger partial charge in [-0.3, -0.25) is 5.10 Å². The summed E-state index contributed by atoms with van der Waals surface area (Å²) in [6.07, 6.45) is 0. The molecule has 5 nitrogen and oxygen atoms in total. The van der Waals surface area contributed by atoms with Crippen LogP contribution in [0.1, 0.15) is 12.5 Å². The third kappa shape index (κ3) is 2.28. The summed E-state index contributed by atoms with van der Waals surface area (Å²) in [4.78, 5) is 0. The first kappa shape index (κ1) is 13.0. The van der Waals surface area contributed by atoms with Crippen LogP contribution in [-0.2, 0) is 0 Å². The Kier molecular flexibility index (Phi) is 3.20. The number of benzene rings is 2. The van der Waals surface area contributed by atoms with Crippen LogP contribution in [0.5, 0.6) is 11.5 Å². The van der Waals surface area contributed by atoms with Gasteiger partial charge in [0.15, 0.2) is 0 Å². The molecule has 3 aromatic rings. The number of aromatic amines is 1. The van der Waals surface area contributed by atoms with Crippen molar-refractivity contribution in [2.24, 2.45) is 0 Å². The first-order valence-electron chi connectivity index (χ1n) is 6.57. The van der Waals surface area contributed by atoms with Crippen LogP contribution in [0.2, 0.25) is 0 Å². The van der Waals surface area contributed by atoms with Gasteiger partial charge in [-0.05, 0) is 31.2 Å². The maximum atomic E-state index is 9.60. The second-order valence-corrected chi connectivity index (χ2v) is 4.56. The Morgan fingerprint density at radius 3 is 2.90 bits per heavy atom. The molecule has 0 bridgehead atoms. The minimum Gasteiger partial charge on any atom is -0.508 e. The zero-order valence-corrected chi connectivity index (χ0v) is 11.4. The van der Waals surface area contributed by atoms with Gasteiger partial charge >= 0.3 is 0 Å². The summed E-state index contributed by atoms with van der Waals surface area (Å²) in [6.45, 7) is 2.36. The van der Waals surface area contributed by atoms with Crippen LogP contribution in [0.15, 0.2) is 36.4 Å². The molecule has 0 amide bonds. The lowest BCUT2D eigenvalue weighted by Crippen LogP contribution is -1.94. The van der Waals surface area contributed by atoms with Crippen molar-refractivity contribution in [3.8, 4) is 28.8 Å². The molecule has 1 heterocycles. The summed E-state index contributed by atoms with van der Waals surface area (Å²) >= 11 is 0. The molecule has 3 rings (SSSR count). The molecule has 2 N–H and O–H groups in total. The molecule has 0 spiro atoms. The highest BCUT2D eigenvalue weighted by molar-refractivity contribution is 5.95. The van der Waals surface area contributed by atoms with Crippen molar-refractivity contribution in [3.63, 3.8) is 0 Å². The highest BCUT2D eigenvalue weighted by Crippen LogP contribution is 2.32. The van der Waals surface area contributed by atoms with Gasteiger partial charge in [-0.1, -0.05) is 12.1 Å². The highest BCUT2D eigenvalue weighted by atomic mass is 16.5. The molecule has 0 fully saturated rings. The molecule has 0 aliphatic rings. The number of H-pyrrole nitrogens is 1. The summed E-state index contributed by atoms with van der Waals surface area (Å²) in [5, 5.41) is 26.8. The van der Waals surface area contributed by atoms with Crippen LogP contribution in [0.3, 0.4) is 0 Å². The Morgan fingerprint density at radius 2 is 2.19 bits per heavy atom. The molecule has 21 heavy (non-hydrogen) atoms. The predicted octanol–water partition coefficient (Wildman–Crippen LogP) is 3.21. The molecule has 5 heteroatoms. The van der Waals surface area contributed by atoms with E-state index in [-0.39, 0.29) is 5.75 Å². The first-order chi connectivity index (χ1) is 10.2. The van der Waals surface area contributed by atoms with E-state index in [9.17, 15) is 5.11 Å². The number of fused-ring (bicyclic) bond motifs is 1. The van der Waals surface area contributed by atoms with E-state index >= 15 is 0 Å². The minimum absolute atomic E-state index is 0.183. The molecule has 104 valence electrons. The monoisotopic (exact) mass is 279 g/mol. The van der Waals surface area contributed by atoms with Crippen LogP contribution in [0.25, 0.3) is 22.2 Å². The third-order valence-corrected chi connectivity index (χ3v) is 3.20. The number of phenolic OH excluding ortho intramolecular Hbond substituents is 1. The van der Waals surface area contributed by atoms with Gasteiger partial charge in [-0.15, -0.1) is 0 Å². The molecule has 0 radical (unpaired) electrons. The van der Waals surface area contributed by atoms with Gasteiger partial charge in [0.05, 0.1) is 17.7 Å². The lowest BCUT2D eigenvalue weighted by atomic mass is 10.1. The van der Waals surface area contributed by atoms with E-state index in [1.165, 1.54) is 0 Å². The Balaban J connectivity index is 2.22. The van der Waals surface area contributed by atoms with E-state index in [0.717, 1.165) is 16.5 Å². The third-order valence-electron chi connectivity index (χ3n) is 3.20. The van der Waals surface area contributed by atoms with Crippen molar-refractivity contribution >= 4 is 10.9 Å². The number of nitrogens with one attached hydrogen (secondary N) is 1. The van der Waals surface area contributed by atoms with Gasteiger partial charge in [-0.2, -0.15) is 10.4 Å². The summed E-state index contributed by atoms with van der Waals surface area (Å²) in [7, 11) is 0. The lowest BCUT2D eigenvalue weighted by molar-refractivity contribution is 0.340. The number of rotatable bonds is 3. The molecule has 2 aromatic carbocycles. The van der Waals surface area contributed by atoms with Crippen molar-refractivity contribution in [3.05, 3.63) is 42.0 Å². The number of ether oxygens (including phenoxy) is 1. The van der Waals surface area contributed by atoms with E-state index in [4.69, 9.17) is 10.00 Å². The number of aromatic nitrogens is 2. The normalized spacial score (nSPS) is 10.5. The van der Waals surface area contributed by atoms with E-state index in [0.29, 0.717) is 23.6 Å². The molecule has 0 aliphatic heterocycles. The average molecular weight is 279 g/mol. The van der Waals surface area contributed by atoms with E-state index < -0.39 is 0 Å². The second kappa shape index (κ2) is 5.17. The fourth-order valence-electron chi connectivity index (χ4n) is 2.28. The largest absolute Gasteiger partial charge is 0.508 e. The fourth-order valence-corrected chi connectivity index (χ4v) is 2.28. The maximum Gasteiger partial charge on any atom is 0.137 e. The molecular weight excluding hydrogens is 266 g/mol. The number of nitriles is 1. The van der Waals surface area contributed by atoms with Gasteiger partial charge in [0.2, 0.25) is 0 Å². The summed E-state index contributed by atoms with van der Waals surface area (Å²) < 4.78 is 5.51. The number of nitrogens with zero attached hydrogens (tertiary/aromatic N) is 2. The summed E-state index contributed by atoms with van der Waals surface area (Å²) in [5.41, 5.74) is 2.74. The second-order valence-electron chi connectivity index (χ2n) is 4.56. The molecule has 0 saturated heterocycles. The Hall–Kier alpha value is -3.00. The Morgan fingerprint density at radius 1 is 1.33 bits per heavy atom. The van der Waals surface area contributed by atoms with Gasteiger partial charge in [0, 0.05) is 10.9 Å². The fraction of sp³-hybridized carbons (Fsp3) is 0.125. The predicted molar refractivity (Wildman–Crippen MR) is 79.1 cm³/mol. The molecule has 0 atom stereocenters. The van der Waals surface area contributed by atoms with E-state index in [1.807, 2.05) is 13.0 Å². The molecule has 0 unspecified atom stereocenters. The smallest absolute Gasteiger partial charge is 0.137 e. The minimum atomic E-state index is 0.183. The molecule has 0 aliphatic carbocycles. The van der Waals surface area contributed by atoms with E-state index in [2.05, 4.69) is 16.3 Å². The van der Waals surface area contributed by atoms with Crippen LogP contribution in [0, 0.1) is 11.3 Å². The van der Waals surface area contributed by atoms with Gasteiger partial charge in [0.25, 0.3) is 0 Å². The number of aromatic hydroxyl groups is 1. The van der Waals surface area contributed by atoms with Crippen molar-refractivity contribution in [2.45, 2.75) is 6.92 Å². The van der Waals surface area contributed by atoms with Crippen molar-refractivity contribution in [1.82, 2.24) is 10.2 Å². The molecule has 1 aromatic heterocycles. The van der Waals surface area contributed by atoms with Gasteiger partial charge < -0.3 is 9.84 Å². The van der Waals surface area contributed by atoms with Gasteiger partial charge in [0.1, 0.15) is 23.3 Å². The highest BCUT2D eigenvalue weighted by Gasteiger charge is 2.13. The number of hydrogen-bond acceptors (Lipinski definition) is 4. The SMILES string of the molecule is CCOc1cc2c(-c3cccc(O)c3)n[nH]c2cc1C#N. The zero-order chi connectivity index (χ0) is 14.8. The Labute approximate surface area is 121 Å². The number of hydrogen-bond donors (Lipinski definition) is 2. The zero-order valence-electron chi connectivity index (χ0n) is 11.4. The van der Waals surface area contributed by atoms with Crippen LogP contribution < -0.4 is 4.74 Å². The van der Waals surface area contributed by atoms with Crippen molar-refractivity contribution < 1.29 is 9.84 Å². The van der Waals surface area contributed by atoms with Crippen molar-refractivity contribution in [2.75, 3.05) is 6.61 Å². The van der Waals surface area contributed by atoms with Crippen LogP contribution in [0.4, 0.5) is 0 Å². The standard InChI is InChI=1S/C16H13N3O2/c1-2-21-15-8-13-14(7-11(15)9-17)18-19-16(13)10-4-3-5-12(20)6-10/h3-8,20H,2H2,1H3,(H,18,19).